The maximum atomic E-state index is 12.1. The Morgan fingerprint density at radius 3 is 2.74 bits per heavy atom. The van der Waals surface area contributed by atoms with Gasteiger partial charge in [0.2, 0.25) is 0 Å². The molecule has 1 atom stereocenters. The van der Waals surface area contributed by atoms with Crippen LogP contribution in [0.1, 0.15) is 61.9 Å². The van der Waals surface area contributed by atoms with Crippen molar-refractivity contribution in [1.29, 1.82) is 0 Å². The lowest BCUT2D eigenvalue weighted by Crippen LogP contribution is -2.32. The molecule has 0 radical (unpaired) electrons. The van der Waals surface area contributed by atoms with Crippen LogP contribution in [-0.4, -0.2) is 17.1 Å². The van der Waals surface area contributed by atoms with E-state index in [1.54, 1.807) is 25.1 Å². The Morgan fingerprint density at radius 1 is 1.32 bits per heavy atom. The van der Waals surface area contributed by atoms with Crippen molar-refractivity contribution < 1.29 is 9.90 Å². The highest BCUT2D eigenvalue weighted by atomic mass is 16.3. The lowest BCUT2D eigenvalue weighted by atomic mass is 10.1. The maximum Gasteiger partial charge on any atom is 0.251 e. The van der Waals surface area contributed by atoms with E-state index in [4.69, 9.17) is 0 Å². The van der Waals surface area contributed by atoms with Gasteiger partial charge < -0.3 is 10.4 Å². The fourth-order valence-electron chi connectivity index (χ4n) is 2.12. The molecular weight excluding hydrogens is 238 g/mol. The molecule has 0 fully saturated rings. The number of carbonyl (C=O) groups excluding carboxylic acids is 1. The van der Waals surface area contributed by atoms with E-state index in [0.717, 1.165) is 12.8 Å². The van der Waals surface area contributed by atoms with Gasteiger partial charge in [-0.2, -0.15) is 0 Å². The number of unbranched alkanes of at least 4 members (excludes halogenated alkanes) is 3. The van der Waals surface area contributed by atoms with E-state index in [2.05, 4.69) is 12.2 Å². The van der Waals surface area contributed by atoms with E-state index < -0.39 is 0 Å². The lowest BCUT2D eigenvalue weighted by molar-refractivity contribution is 0.0937. The van der Waals surface area contributed by atoms with Gasteiger partial charge in [-0.05, 0) is 32.4 Å². The quantitative estimate of drug-likeness (QED) is 0.735. The van der Waals surface area contributed by atoms with Crippen LogP contribution in [0, 0.1) is 6.92 Å². The van der Waals surface area contributed by atoms with Gasteiger partial charge in [0.05, 0.1) is 0 Å². The van der Waals surface area contributed by atoms with Crippen molar-refractivity contribution in [3.05, 3.63) is 29.3 Å². The van der Waals surface area contributed by atoms with Crippen LogP contribution < -0.4 is 5.32 Å². The smallest absolute Gasteiger partial charge is 0.251 e. The number of carbonyl (C=O) groups is 1. The topological polar surface area (TPSA) is 49.3 Å². The van der Waals surface area contributed by atoms with Crippen LogP contribution in [-0.2, 0) is 0 Å². The van der Waals surface area contributed by atoms with Crippen molar-refractivity contribution in [2.24, 2.45) is 0 Å². The minimum atomic E-state index is -0.101. The molecule has 1 unspecified atom stereocenters. The third-order valence-electron chi connectivity index (χ3n) is 3.42. The van der Waals surface area contributed by atoms with Crippen LogP contribution in [0.15, 0.2) is 18.2 Å². The molecule has 0 aliphatic heterocycles. The van der Waals surface area contributed by atoms with Gasteiger partial charge >= 0.3 is 0 Å². The summed E-state index contributed by atoms with van der Waals surface area (Å²) in [6.45, 7) is 5.98. The normalized spacial score (nSPS) is 12.2. The Kier molecular flexibility index (Phi) is 6.40. The van der Waals surface area contributed by atoms with Gasteiger partial charge in [0.25, 0.3) is 5.91 Å². The molecule has 3 heteroatoms. The summed E-state index contributed by atoms with van der Waals surface area (Å²) in [6.07, 6.45) is 5.86. The summed E-state index contributed by atoms with van der Waals surface area (Å²) in [5.41, 5.74) is 1.19. The van der Waals surface area contributed by atoms with Gasteiger partial charge in [0, 0.05) is 17.2 Å². The van der Waals surface area contributed by atoms with Crippen molar-refractivity contribution in [2.45, 2.75) is 58.9 Å². The van der Waals surface area contributed by atoms with E-state index in [9.17, 15) is 9.90 Å². The summed E-state index contributed by atoms with van der Waals surface area (Å²) in [7, 11) is 0. The fourth-order valence-corrected chi connectivity index (χ4v) is 2.12. The molecule has 0 saturated carbocycles. The van der Waals surface area contributed by atoms with Gasteiger partial charge in [-0.15, -0.1) is 0 Å². The van der Waals surface area contributed by atoms with Crippen LogP contribution in [0.5, 0.6) is 5.75 Å². The number of phenols is 1. The Hall–Kier alpha value is -1.51. The van der Waals surface area contributed by atoms with Gasteiger partial charge in [-0.3, -0.25) is 4.79 Å². The Morgan fingerprint density at radius 2 is 2.05 bits per heavy atom. The summed E-state index contributed by atoms with van der Waals surface area (Å²) >= 11 is 0. The summed E-state index contributed by atoms with van der Waals surface area (Å²) in [5.74, 6) is 0.0691. The molecule has 0 spiro atoms. The average Bonchev–Trinajstić information content (AvgIpc) is 2.38. The molecule has 1 amide bonds. The molecule has 0 heterocycles. The highest BCUT2D eigenvalue weighted by molar-refractivity contribution is 5.96. The monoisotopic (exact) mass is 263 g/mol. The largest absolute Gasteiger partial charge is 0.508 e. The Labute approximate surface area is 116 Å². The highest BCUT2D eigenvalue weighted by Gasteiger charge is 2.13. The second kappa shape index (κ2) is 7.82. The molecular formula is C16H25NO2. The number of hydrogen-bond acceptors (Lipinski definition) is 2. The zero-order valence-corrected chi connectivity index (χ0v) is 12.2. The SMILES string of the molecule is CCCCCCC(C)NC(=O)c1cccc(O)c1C. The Balaban J connectivity index is 2.48. The predicted molar refractivity (Wildman–Crippen MR) is 78.5 cm³/mol. The van der Waals surface area contributed by atoms with Gasteiger partial charge in [0.1, 0.15) is 5.75 Å². The maximum absolute atomic E-state index is 12.1. The lowest BCUT2D eigenvalue weighted by Gasteiger charge is -2.15. The first-order chi connectivity index (χ1) is 9.06. The molecule has 0 aliphatic carbocycles. The number of rotatable bonds is 7. The number of benzene rings is 1. The van der Waals surface area contributed by atoms with Crippen LogP contribution in [0.3, 0.4) is 0 Å². The molecule has 19 heavy (non-hydrogen) atoms. The molecule has 0 saturated heterocycles. The number of phenolic OH excluding ortho intramolecular Hbond substituents is 1. The second-order valence-corrected chi connectivity index (χ2v) is 5.17. The van der Waals surface area contributed by atoms with E-state index in [-0.39, 0.29) is 17.7 Å². The van der Waals surface area contributed by atoms with Gasteiger partial charge in [-0.25, -0.2) is 0 Å². The first-order valence-electron chi connectivity index (χ1n) is 7.15. The van der Waals surface area contributed by atoms with Gasteiger partial charge in [-0.1, -0.05) is 38.7 Å². The standard InChI is InChI=1S/C16H25NO2/c1-4-5-6-7-9-12(2)17-16(19)14-10-8-11-15(18)13(14)3/h8,10-12,18H,4-7,9H2,1-3H3,(H,17,19). The number of aromatic hydroxyl groups is 1. The second-order valence-electron chi connectivity index (χ2n) is 5.17. The average molecular weight is 263 g/mol. The Bertz CT molecular complexity index is 415. The zero-order valence-electron chi connectivity index (χ0n) is 12.2. The summed E-state index contributed by atoms with van der Waals surface area (Å²) in [4.78, 5) is 12.1. The summed E-state index contributed by atoms with van der Waals surface area (Å²) < 4.78 is 0. The molecule has 0 bridgehead atoms. The third-order valence-corrected chi connectivity index (χ3v) is 3.42. The predicted octanol–water partition coefficient (Wildman–Crippen LogP) is 3.79. The van der Waals surface area contributed by atoms with Crippen molar-refractivity contribution in [2.75, 3.05) is 0 Å². The van der Waals surface area contributed by atoms with Crippen molar-refractivity contribution in [3.8, 4) is 5.75 Å². The molecule has 0 aliphatic rings. The van der Waals surface area contributed by atoms with E-state index in [0.29, 0.717) is 11.1 Å². The molecule has 1 aromatic rings. The van der Waals surface area contributed by atoms with Gasteiger partial charge in [0.15, 0.2) is 0 Å². The van der Waals surface area contributed by atoms with Crippen LogP contribution in [0.4, 0.5) is 0 Å². The fraction of sp³-hybridized carbons (Fsp3) is 0.562. The molecule has 1 rings (SSSR count). The minimum absolute atomic E-state index is 0.101. The van der Waals surface area contributed by atoms with Crippen molar-refractivity contribution in [3.63, 3.8) is 0 Å². The van der Waals surface area contributed by atoms with Crippen molar-refractivity contribution in [1.82, 2.24) is 5.32 Å². The van der Waals surface area contributed by atoms with Crippen molar-refractivity contribution >= 4 is 5.91 Å². The van der Waals surface area contributed by atoms with E-state index in [1.807, 2.05) is 6.92 Å². The third kappa shape index (κ3) is 4.93. The van der Waals surface area contributed by atoms with E-state index >= 15 is 0 Å². The number of hydrogen-bond donors (Lipinski definition) is 2. The zero-order chi connectivity index (χ0) is 14.3. The number of nitrogens with one attached hydrogen (secondary N) is 1. The van der Waals surface area contributed by atoms with Crippen LogP contribution in [0.2, 0.25) is 0 Å². The number of amides is 1. The first-order valence-corrected chi connectivity index (χ1v) is 7.15. The summed E-state index contributed by atoms with van der Waals surface area (Å²) in [6, 6.07) is 5.21. The summed E-state index contributed by atoms with van der Waals surface area (Å²) in [5, 5.41) is 12.6. The molecule has 3 nitrogen and oxygen atoms in total. The molecule has 1 aromatic carbocycles. The first kappa shape index (κ1) is 15.5. The molecule has 0 aromatic heterocycles. The van der Waals surface area contributed by atoms with Crippen LogP contribution >= 0.6 is 0 Å². The highest BCUT2D eigenvalue weighted by Crippen LogP contribution is 2.19. The minimum Gasteiger partial charge on any atom is -0.508 e. The molecule has 106 valence electrons. The molecule has 2 N–H and O–H groups in total. The van der Waals surface area contributed by atoms with Crippen LogP contribution in [0.25, 0.3) is 0 Å². The van der Waals surface area contributed by atoms with E-state index in [1.165, 1.54) is 19.3 Å².